The summed E-state index contributed by atoms with van der Waals surface area (Å²) in [6.07, 6.45) is 1.52. The molecule has 2 N–H and O–H groups in total. The lowest BCUT2D eigenvalue weighted by Gasteiger charge is -2.35. The maximum Gasteiger partial charge on any atom is 0.394 e. The summed E-state index contributed by atoms with van der Waals surface area (Å²) >= 11 is 1.61. The molecule has 0 spiro atoms. The van der Waals surface area contributed by atoms with E-state index in [2.05, 4.69) is 20.8 Å². The monoisotopic (exact) mass is 490 g/mol. The zero-order valence-corrected chi connectivity index (χ0v) is 19.5. The van der Waals surface area contributed by atoms with Crippen molar-refractivity contribution >= 4 is 23.2 Å². The first-order chi connectivity index (χ1) is 17.0. The van der Waals surface area contributed by atoms with Gasteiger partial charge in [-0.15, -0.1) is 11.3 Å². The van der Waals surface area contributed by atoms with E-state index in [0.29, 0.717) is 30.9 Å². The molecule has 1 amide bonds. The number of hydrogen-bond donors (Lipinski definition) is 2. The average molecular weight is 491 g/mol. The molecule has 1 fully saturated rings. The largest absolute Gasteiger partial charge is 0.474 e. The van der Waals surface area contributed by atoms with Crippen LogP contribution in [0.3, 0.4) is 0 Å². The number of carbonyl (C=O) groups is 2. The molecule has 1 saturated heterocycles. The number of carbonyl (C=O) groups excluding carboxylic acids is 1. The highest BCUT2D eigenvalue weighted by molar-refractivity contribution is 7.10. The molecule has 2 aromatic carbocycles. The molecule has 0 saturated carbocycles. The highest BCUT2D eigenvalue weighted by Crippen LogP contribution is 2.38. The molecule has 3 heterocycles. The van der Waals surface area contributed by atoms with Crippen molar-refractivity contribution in [1.29, 1.82) is 0 Å². The van der Waals surface area contributed by atoms with Crippen LogP contribution in [-0.2, 0) is 10.2 Å². The number of aromatic nitrogens is 3. The molecule has 1 aliphatic rings. The van der Waals surface area contributed by atoms with E-state index >= 15 is 0 Å². The van der Waals surface area contributed by atoms with Gasteiger partial charge in [-0.3, -0.25) is 4.79 Å². The van der Waals surface area contributed by atoms with Gasteiger partial charge in [-0.25, -0.2) is 9.78 Å². The molecule has 0 aliphatic carbocycles. The number of aromatic carboxylic acids is 1. The van der Waals surface area contributed by atoms with Gasteiger partial charge in [-0.2, -0.15) is 4.98 Å². The standard InChI is InChI=1S/C25H22N4O5S/c30-21(18-8-4-7-17(13-18)20-28-22(23(31)32)34-29-20)26-15-25(9-11-33-12-10-25)24-27-19(14-35-24)16-5-2-1-3-6-16/h1-8,13-14H,9-12,15H2,(H,26,30)(H,31,32). The van der Waals surface area contributed by atoms with E-state index in [4.69, 9.17) is 19.4 Å². The maximum atomic E-state index is 13.1. The number of benzene rings is 2. The minimum Gasteiger partial charge on any atom is -0.474 e. The molecule has 0 unspecified atom stereocenters. The Morgan fingerprint density at radius 1 is 1.03 bits per heavy atom. The SMILES string of the molecule is O=C(NCC1(c2nc(-c3ccccc3)cs2)CCOCC1)c1cccc(-c2noc(C(=O)O)n2)c1. The quantitative estimate of drug-likeness (QED) is 0.397. The first-order valence-corrected chi connectivity index (χ1v) is 12.0. The number of nitrogens with one attached hydrogen (secondary N) is 1. The van der Waals surface area contributed by atoms with Gasteiger partial charge in [-0.05, 0) is 25.0 Å². The van der Waals surface area contributed by atoms with Gasteiger partial charge in [0.2, 0.25) is 5.82 Å². The van der Waals surface area contributed by atoms with Crippen LogP contribution in [-0.4, -0.2) is 51.9 Å². The Balaban J connectivity index is 1.34. The van der Waals surface area contributed by atoms with Gasteiger partial charge in [0, 0.05) is 47.2 Å². The first kappa shape index (κ1) is 22.9. The van der Waals surface area contributed by atoms with Gasteiger partial charge < -0.3 is 19.7 Å². The van der Waals surface area contributed by atoms with Crippen molar-refractivity contribution in [3.8, 4) is 22.6 Å². The zero-order chi connectivity index (χ0) is 24.3. The third-order valence-electron chi connectivity index (χ3n) is 6.06. The van der Waals surface area contributed by atoms with Crippen LogP contribution < -0.4 is 5.32 Å². The molecule has 0 bridgehead atoms. The maximum absolute atomic E-state index is 13.1. The van der Waals surface area contributed by atoms with Crippen molar-refractivity contribution in [3.05, 3.63) is 76.4 Å². The summed E-state index contributed by atoms with van der Waals surface area (Å²) in [6, 6.07) is 16.7. The number of rotatable bonds is 7. The van der Waals surface area contributed by atoms with Crippen LogP contribution >= 0.6 is 11.3 Å². The number of nitrogens with zero attached hydrogens (tertiary/aromatic N) is 3. The molecule has 10 heteroatoms. The van der Waals surface area contributed by atoms with Crippen LogP contribution in [0.4, 0.5) is 0 Å². The summed E-state index contributed by atoms with van der Waals surface area (Å²) in [5, 5.41) is 18.8. The van der Waals surface area contributed by atoms with Crippen molar-refractivity contribution in [2.24, 2.45) is 0 Å². The molecule has 0 radical (unpaired) electrons. The Morgan fingerprint density at radius 3 is 2.54 bits per heavy atom. The summed E-state index contributed by atoms with van der Waals surface area (Å²) in [7, 11) is 0. The Labute approximate surface area is 204 Å². The van der Waals surface area contributed by atoms with E-state index in [0.717, 1.165) is 29.1 Å². The number of ether oxygens (including phenoxy) is 1. The average Bonchev–Trinajstić information content (AvgIpc) is 3.60. The minimum atomic E-state index is -1.31. The molecule has 2 aromatic heterocycles. The fraction of sp³-hybridized carbons (Fsp3) is 0.240. The lowest BCUT2D eigenvalue weighted by molar-refractivity contribution is 0.0486. The fourth-order valence-corrected chi connectivity index (χ4v) is 5.16. The van der Waals surface area contributed by atoms with Crippen molar-refractivity contribution in [1.82, 2.24) is 20.4 Å². The second kappa shape index (κ2) is 9.77. The summed E-state index contributed by atoms with van der Waals surface area (Å²) in [5.41, 5.74) is 2.58. The van der Waals surface area contributed by atoms with E-state index in [1.807, 2.05) is 30.3 Å². The Kier molecular flexibility index (Phi) is 6.39. The van der Waals surface area contributed by atoms with Crippen molar-refractivity contribution in [2.75, 3.05) is 19.8 Å². The molecular weight excluding hydrogens is 468 g/mol. The molecule has 4 aromatic rings. The fourth-order valence-electron chi connectivity index (χ4n) is 4.07. The number of carboxylic acid groups (broad SMARTS) is 1. The van der Waals surface area contributed by atoms with Gasteiger partial charge in [0.1, 0.15) is 5.01 Å². The highest BCUT2D eigenvalue weighted by atomic mass is 32.1. The van der Waals surface area contributed by atoms with Crippen LogP contribution in [0.25, 0.3) is 22.6 Å². The number of carboxylic acids is 1. The molecule has 1 aliphatic heterocycles. The Bertz CT molecular complexity index is 1340. The third-order valence-corrected chi connectivity index (χ3v) is 7.15. The van der Waals surface area contributed by atoms with Crippen molar-refractivity contribution in [2.45, 2.75) is 18.3 Å². The predicted molar refractivity (Wildman–Crippen MR) is 128 cm³/mol. The third kappa shape index (κ3) is 4.84. The number of hydrogen-bond acceptors (Lipinski definition) is 8. The van der Waals surface area contributed by atoms with Crippen molar-refractivity contribution in [3.63, 3.8) is 0 Å². The number of amides is 1. The molecule has 9 nitrogen and oxygen atoms in total. The smallest absolute Gasteiger partial charge is 0.394 e. The zero-order valence-electron chi connectivity index (χ0n) is 18.6. The van der Waals surface area contributed by atoms with Crippen LogP contribution in [0.2, 0.25) is 0 Å². The second-order valence-electron chi connectivity index (χ2n) is 8.29. The Hall–Kier alpha value is -3.89. The van der Waals surface area contributed by atoms with Gasteiger partial charge in [-0.1, -0.05) is 47.6 Å². The second-order valence-corrected chi connectivity index (χ2v) is 9.15. The van der Waals surface area contributed by atoms with E-state index in [9.17, 15) is 9.59 Å². The van der Waals surface area contributed by atoms with Gasteiger partial charge >= 0.3 is 11.9 Å². The molecule has 35 heavy (non-hydrogen) atoms. The topological polar surface area (TPSA) is 127 Å². The first-order valence-electron chi connectivity index (χ1n) is 11.1. The lowest BCUT2D eigenvalue weighted by Crippen LogP contribution is -2.44. The van der Waals surface area contributed by atoms with Gasteiger partial charge in [0.25, 0.3) is 5.91 Å². The lowest BCUT2D eigenvalue weighted by atomic mass is 9.80. The van der Waals surface area contributed by atoms with Crippen LogP contribution in [0.1, 0.15) is 38.9 Å². The van der Waals surface area contributed by atoms with Crippen LogP contribution in [0.5, 0.6) is 0 Å². The normalized spacial score (nSPS) is 15.0. The molecular formula is C25H22N4O5S. The van der Waals surface area contributed by atoms with E-state index in [-0.39, 0.29) is 17.1 Å². The molecule has 0 atom stereocenters. The van der Waals surface area contributed by atoms with E-state index in [1.165, 1.54) is 0 Å². The summed E-state index contributed by atoms with van der Waals surface area (Å²) in [4.78, 5) is 32.9. The van der Waals surface area contributed by atoms with Crippen LogP contribution in [0.15, 0.2) is 64.5 Å². The minimum absolute atomic E-state index is 0.106. The molecule has 5 rings (SSSR count). The summed E-state index contributed by atoms with van der Waals surface area (Å²) in [6.45, 7) is 1.64. The van der Waals surface area contributed by atoms with Gasteiger partial charge in [0.15, 0.2) is 0 Å². The molecule has 178 valence electrons. The van der Waals surface area contributed by atoms with E-state index < -0.39 is 11.9 Å². The van der Waals surface area contributed by atoms with Gasteiger partial charge in [0.05, 0.1) is 5.69 Å². The summed E-state index contributed by atoms with van der Waals surface area (Å²) in [5.74, 6) is -1.96. The van der Waals surface area contributed by atoms with Crippen LogP contribution in [0, 0.1) is 0 Å². The van der Waals surface area contributed by atoms with Crippen molar-refractivity contribution < 1.29 is 24.0 Å². The predicted octanol–water partition coefficient (Wildman–Crippen LogP) is 4.04. The Morgan fingerprint density at radius 2 is 1.80 bits per heavy atom. The number of thiazole rings is 1. The van der Waals surface area contributed by atoms with E-state index in [1.54, 1.807) is 35.6 Å². The summed E-state index contributed by atoms with van der Waals surface area (Å²) < 4.78 is 10.3. The highest BCUT2D eigenvalue weighted by Gasteiger charge is 2.38.